The van der Waals surface area contributed by atoms with Crippen LogP contribution in [0.3, 0.4) is 0 Å². The van der Waals surface area contributed by atoms with Gasteiger partial charge in [0.15, 0.2) is 0 Å². The maximum absolute atomic E-state index is 13.7. The molecule has 5 heteroatoms. The van der Waals surface area contributed by atoms with Gasteiger partial charge in [-0.1, -0.05) is 12.1 Å². The molecule has 0 aromatic heterocycles. The van der Waals surface area contributed by atoms with Crippen LogP contribution in [0.2, 0.25) is 0 Å². The summed E-state index contributed by atoms with van der Waals surface area (Å²) in [5.41, 5.74) is 0.924. The molecule has 0 bridgehead atoms. The second-order valence-corrected chi connectivity index (χ2v) is 8.07. The van der Waals surface area contributed by atoms with Crippen LogP contribution in [0.1, 0.15) is 43.7 Å². The Morgan fingerprint density at radius 2 is 1.88 bits per heavy atom. The van der Waals surface area contributed by atoms with Gasteiger partial charge in [0.1, 0.15) is 5.82 Å². The van der Waals surface area contributed by atoms with Gasteiger partial charge >= 0.3 is 0 Å². The lowest BCUT2D eigenvalue weighted by atomic mass is 9.93. The molecule has 142 valence electrons. The van der Waals surface area contributed by atoms with Crippen molar-refractivity contribution < 1.29 is 13.9 Å². The first kappa shape index (κ1) is 17.9. The van der Waals surface area contributed by atoms with E-state index >= 15 is 0 Å². The monoisotopic (exact) mass is 360 g/mol. The summed E-state index contributed by atoms with van der Waals surface area (Å²) >= 11 is 0. The topological polar surface area (TPSA) is 41.6 Å². The third kappa shape index (κ3) is 4.63. The van der Waals surface area contributed by atoms with Crippen molar-refractivity contribution >= 4 is 5.91 Å². The van der Waals surface area contributed by atoms with Crippen molar-refractivity contribution in [1.29, 1.82) is 0 Å². The summed E-state index contributed by atoms with van der Waals surface area (Å²) in [6, 6.07) is 6.75. The highest BCUT2D eigenvalue weighted by Crippen LogP contribution is 2.50. The Balaban J connectivity index is 1.38. The Labute approximate surface area is 155 Å². The lowest BCUT2D eigenvalue weighted by Gasteiger charge is -2.35. The van der Waals surface area contributed by atoms with E-state index in [0.29, 0.717) is 32.1 Å². The Kier molecular flexibility index (Phi) is 5.55. The molecule has 1 aliphatic heterocycles. The van der Waals surface area contributed by atoms with Crippen LogP contribution in [0.4, 0.5) is 4.39 Å². The summed E-state index contributed by atoms with van der Waals surface area (Å²) in [7, 11) is 0. The smallest absolute Gasteiger partial charge is 0.220 e. The van der Waals surface area contributed by atoms with Crippen LogP contribution >= 0.6 is 0 Å². The molecule has 4 nitrogen and oxygen atoms in total. The highest BCUT2D eigenvalue weighted by molar-refractivity contribution is 5.76. The number of halogens is 1. The molecule has 2 saturated carbocycles. The lowest BCUT2D eigenvalue weighted by molar-refractivity contribution is -0.122. The van der Waals surface area contributed by atoms with Crippen molar-refractivity contribution in [3.05, 3.63) is 35.6 Å². The van der Waals surface area contributed by atoms with Gasteiger partial charge in [0.25, 0.3) is 0 Å². The molecule has 26 heavy (non-hydrogen) atoms. The number of hydrogen-bond acceptors (Lipinski definition) is 3. The van der Waals surface area contributed by atoms with Gasteiger partial charge in [0.05, 0.1) is 19.3 Å². The number of carbonyl (C=O) groups is 1. The van der Waals surface area contributed by atoms with E-state index in [1.807, 2.05) is 6.07 Å². The van der Waals surface area contributed by atoms with Crippen LogP contribution < -0.4 is 5.32 Å². The number of carbonyl (C=O) groups excluding carboxylic acids is 1. The SMILES string of the molecule is O=C(CC(C1CC1)C1CC1)NCC(c1cccc(F)c1)N1CCOCC1. The van der Waals surface area contributed by atoms with E-state index in [9.17, 15) is 9.18 Å². The van der Waals surface area contributed by atoms with Gasteiger partial charge < -0.3 is 10.1 Å². The number of ether oxygens (including phenoxy) is 1. The number of nitrogens with zero attached hydrogens (tertiary/aromatic N) is 1. The molecule has 1 saturated heterocycles. The van der Waals surface area contributed by atoms with Gasteiger partial charge in [-0.25, -0.2) is 4.39 Å². The first-order chi connectivity index (χ1) is 12.7. The van der Waals surface area contributed by atoms with E-state index < -0.39 is 0 Å². The van der Waals surface area contributed by atoms with Gasteiger partial charge in [-0.3, -0.25) is 9.69 Å². The molecule has 1 aromatic carbocycles. The molecule has 1 N–H and O–H groups in total. The van der Waals surface area contributed by atoms with Crippen LogP contribution in [0.5, 0.6) is 0 Å². The molecular weight excluding hydrogens is 331 g/mol. The highest BCUT2D eigenvalue weighted by atomic mass is 19.1. The van der Waals surface area contributed by atoms with E-state index in [4.69, 9.17) is 4.74 Å². The fraction of sp³-hybridized carbons (Fsp3) is 0.667. The molecule has 4 rings (SSSR count). The first-order valence-electron chi connectivity index (χ1n) is 10.0. The zero-order valence-electron chi connectivity index (χ0n) is 15.3. The maximum Gasteiger partial charge on any atom is 0.220 e. The second-order valence-electron chi connectivity index (χ2n) is 8.07. The Bertz CT molecular complexity index is 612. The third-order valence-corrected chi connectivity index (χ3v) is 6.09. The molecule has 1 unspecified atom stereocenters. The predicted molar refractivity (Wildman–Crippen MR) is 98.1 cm³/mol. The molecule has 0 radical (unpaired) electrons. The van der Waals surface area contributed by atoms with Crippen LogP contribution in [0, 0.1) is 23.6 Å². The van der Waals surface area contributed by atoms with Gasteiger partial charge in [-0.05, 0) is 61.1 Å². The number of morpholine rings is 1. The van der Waals surface area contributed by atoms with E-state index in [0.717, 1.165) is 30.5 Å². The minimum absolute atomic E-state index is 0.00106. The van der Waals surface area contributed by atoms with Crippen LogP contribution in [-0.4, -0.2) is 43.7 Å². The first-order valence-corrected chi connectivity index (χ1v) is 10.0. The fourth-order valence-electron chi connectivity index (χ4n) is 4.32. The van der Waals surface area contributed by atoms with Crippen molar-refractivity contribution in [3.63, 3.8) is 0 Å². The number of amides is 1. The summed E-state index contributed by atoms with van der Waals surface area (Å²) in [5.74, 6) is 2.09. The molecule has 3 fully saturated rings. The average molecular weight is 360 g/mol. The highest BCUT2D eigenvalue weighted by Gasteiger charge is 2.42. The van der Waals surface area contributed by atoms with Crippen molar-refractivity contribution in [3.8, 4) is 0 Å². The molecule has 1 amide bonds. The summed E-state index contributed by atoms with van der Waals surface area (Å²) in [4.78, 5) is 14.9. The standard InChI is InChI=1S/C21H29FN2O2/c22-18-3-1-2-17(12-18)20(24-8-10-26-11-9-24)14-23-21(25)13-19(15-4-5-15)16-6-7-16/h1-3,12,15-16,19-20H,4-11,13-14H2,(H,23,25). The quantitative estimate of drug-likeness (QED) is 0.774. The third-order valence-electron chi connectivity index (χ3n) is 6.09. The summed E-state index contributed by atoms with van der Waals surface area (Å²) < 4.78 is 19.2. The lowest BCUT2D eigenvalue weighted by Crippen LogP contribution is -2.44. The maximum atomic E-state index is 13.7. The molecule has 1 heterocycles. The molecule has 1 atom stereocenters. The second kappa shape index (κ2) is 8.05. The van der Waals surface area contributed by atoms with Crippen LogP contribution in [-0.2, 0) is 9.53 Å². The van der Waals surface area contributed by atoms with Gasteiger partial charge in [0.2, 0.25) is 5.91 Å². The number of benzene rings is 1. The van der Waals surface area contributed by atoms with Crippen LogP contribution in [0.25, 0.3) is 0 Å². The van der Waals surface area contributed by atoms with Crippen molar-refractivity contribution in [1.82, 2.24) is 10.2 Å². The van der Waals surface area contributed by atoms with Crippen LogP contribution in [0.15, 0.2) is 24.3 Å². The minimum atomic E-state index is -0.227. The van der Waals surface area contributed by atoms with E-state index in [2.05, 4.69) is 10.2 Å². The van der Waals surface area contributed by atoms with E-state index in [-0.39, 0.29) is 17.8 Å². The summed E-state index contributed by atoms with van der Waals surface area (Å²) in [5, 5.41) is 3.15. The fourth-order valence-corrected chi connectivity index (χ4v) is 4.32. The average Bonchev–Trinajstić information content (AvgIpc) is 3.55. The van der Waals surface area contributed by atoms with Crippen molar-refractivity contribution in [2.24, 2.45) is 17.8 Å². The van der Waals surface area contributed by atoms with Crippen molar-refractivity contribution in [2.45, 2.75) is 38.1 Å². The van der Waals surface area contributed by atoms with E-state index in [1.165, 1.54) is 31.7 Å². The molecule has 0 spiro atoms. The largest absolute Gasteiger partial charge is 0.379 e. The van der Waals surface area contributed by atoms with Gasteiger partial charge in [-0.15, -0.1) is 0 Å². The minimum Gasteiger partial charge on any atom is -0.379 e. The zero-order valence-corrected chi connectivity index (χ0v) is 15.3. The van der Waals surface area contributed by atoms with Crippen molar-refractivity contribution in [2.75, 3.05) is 32.8 Å². The van der Waals surface area contributed by atoms with Gasteiger partial charge in [-0.2, -0.15) is 0 Å². The van der Waals surface area contributed by atoms with E-state index in [1.54, 1.807) is 12.1 Å². The molecule has 1 aromatic rings. The Hall–Kier alpha value is -1.46. The molecular formula is C21H29FN2O2. The Morgan fingerprint density at radius 3 is 2.50 bits per heavy atom. The normalized spacial score (nSPS) is 22.4. The number of nitrogens with one attached hydrogen (secondary N) is 1. The van der Waals surface area contributed by atoms with Gasteiger partial charge in [0, 0.05) is 26.1 Å². The molecule has 2 aliphatic carbocycles. The summed E-state index contributed by atoms with van der Waals surface area (Å²) in [6.07, 6.45) is 5.86. The number of hydrogen-bond donors (Lipinski definition) is 1. The Morgan fingerprint density at radius 1 is 1.19 bits per heavy atom. The summed E-state index contributed by atoms with van der Waals surface area (Å²) in [6.45, 7) is 3.52. The number of rotatable bonds is 8. The predicted octanol–water partition coefficient (Wildman–Crippen LogP) is 3.14. The zero-order chi connectivity index (χ0) is 17.9. The molecule has 3 aliphatic rings.